The molecule has 2 saturated heterocycles. The molecule has 0 radical (unpaired) electrons. The number of aliphatic imine (C=N–C) groups is 1. The summed E-state index contributed by atoms with van der Waals surface area (Å²) in [5, 5.41) is 14.5. The van der Waals surface area contributed by atoms with E-state index in [4.69, 9.17) is 4.74 Å². The molecule has 9 nitrogen and oxygen atoms in total. The molecular formula is C29H32F5N5O4S. The zero-order valence-corrected chi connectivity index (χ0v) is 25.1. The molecule has 3 aliphatic rings. The van der Waals surface area contributed by atoms with Gasteiger partial charge in [-0.25, -0.2) is 31.7 Å². The summed E-state index contributed by atoms with van der Waals surface area (Å²) in [6, 6.07) is -1.61. The molecule has 1 aromatic carbocycles. The Morgan fingerprint density at radius 3 is 2.61 bits per heavy atom. The SMILES string of the molecule is CCOC(=O)C1=C(CN2CC(F)(F)[C@H]3[C@@H]2CCN3CCC(C)(C)C(=O)O)NC(c2nccs2)=N[C@@H]1c1ccc(F)c(F)c1F. The normalized spacial score (nSPS) is 23.8. The molecule has 1 aromatic heterocycles. The first-order valence-corrected chi connectivity index (χ1v) is 15.0. The first-order chi connectivity index (χ1) is 20.7. The minimum absolute atomic E-state index is 0.0697. The number of thiazole rings is 1. The molecule has 15 heteroatoms. The number of carboxylic acids is 1. The average Bonchev–Trinajstić information content (AvgIpc) is 3.70. The van der Waals surface area contributed by atoms with Gasteiger partial charge in [-0.3, -0.25) is 19.6 Å². The maximum absolute atomic E-state index is 15.6. The van der Waals surface area contributed by atoms with Gasteiger partial charge in [0.1, 0.15) is 6.04 Å². The molecule has 238 valence electrons. The van der Waals surface area contributed by atoms with E-state index in [0.717, 1.165) is 12.1 Å². The third-order valence-corrected chi connectivity index (χ3v) is 9.15. The van der Waals surface area contributed by atoms with Crippen LogP contribution in [-0.2, 0) is 14.3 Å². The van der Waals surface area contributed by atoms with Gasteiger partial charge in [0.2, 0.25) is 0 Å². The van der Waals surface area contributed by atoms with E-state index in [2.05, 4.69) is 15.3 Å². The zero-order chi connectivity index (χ0) is 32.0. The average molecular weight is 642 g/mol. The number of benzene rings is 1. The third kappa shape index (κ3) is 5.96. The lowest BCUT2D eigenvalue weighted by molar-refractivity contribution is -0.147. The number of hydrogen-bond acceptors (Lipinski definition) is 9. The number of likely N-dealkylation sites (tertiary alicyclic amines) is 2. The molecular weight excluding hydrogens is 609 g/mol. The van der Waals surface area contributed by atoms with Crippen LogP contribution in [0.4, 0.5) is 22.0 Å². The van der Waals surface area contributed by atoms with Crippen LogP contribution in [0.15, 0.2) is 40.0 Å². The largest absolute Gasteiger partial charge is 0.481 e. The number of aliphatic carboxylic acids is 1. The molecule has 5 rings (SSSR count). The summed E-state index contributed by atoms with van der Waals surface area (Å²) < 4.78 is 79.8. The predicted octanol–water partition coefficient (Wildman–Crippen LogP) is 4.36. The van der Waals surface area contributed by atoms with Crippen molar-refractivity contribution in [3.8, 4) is 0 Å². The Morgan fingerprint density at radius 2 is 1.95 bits per heavy atom. The van der Waals surface area contributed by atoms with Crippen molar-refractivity contribution < 1.29 is 41.4 Å². The molecule has 0 amide bonds. The number of nitrogens with one attached hydrogen (secondary N) is 1. The fraction of sp³-hybridized carbons (Fsp3) is 0.517. The van der Waals surface area contributed by atoms with E-state index < -0.39 is 71.0 Å². The van der Waals surface area contributed by atoms with Gasteiger partial charge in [0.25, 0.3) is 5.92 Å². The van der Waals surface area contributed by atoms with E-state index in [1.807, 2.05) is 0 Å². The molecule has 0 aliphatic carbocycles. The summed E-state index contributed by atoms with van der Waals surface area (Å²) in [5.41, 5.74) is -1.65. The summed E-state index contributed by atoms with van der Waals surface area (Å²) in [6.45, 7) is 4.19. The first-order valence-electron chi connectivity index (χ1n) is 14.1. The lowest BCUT2D eigenvalue weighted by Gasteiger charge is -2.31. The topological polar surface area (TPSA) is 107 Å². The van der Waals surface area contributed by atoms with Gasteiger partial charge in [0.05, 0.1) is 30.2 Å². The number of nitrogens with zero attached hydrogens (tertiary/aromatic N) is 4. The Kier molecular flexibility index (Phi) is 8.84. The van der Waals surface area contributed by atoms with Gasteiger partial charge in [-0.05, 0) is 46.2 Å². The van der Waals surface area contributed by atoms with Crippen LogP contribution in [0, 0.1) is 22.9 Å². The fourth-order valence-corrected chi connectivity index (χ4v) is 6.59. The summed E-state index contributed by atoms with van der Waals surface area (Å²) >= 11 is 1.17. The van der Waals surface area contributed by atoms with Gasteiger partial charge < -0.3 is 15.2 Å². The quantitative estimate of drug-likeness (QED) is 0.224. The molecule has 2 N–H and O–H groups in total. The molecule has 0 unspecified atom stereocenters. The number of esters is 1. The highest BCUT2D eigenvalue weighted by atomic mass is 32.1. The second-order valence-electron chi connectivity index (χ2n) is 11.7. The number of carboxylic acid groups (broad SMARTS) is 1. The Bertz CT molecular complexity index is 1500. The zero-order valence-electron chi connectivity index (χ0n) is 24.3. The Balaban J connectivity index is 1.52. The number of carbonyl (C=O) groups excluding carboxylic acids is 1. The van der Waals surface area contributed by atoms with Crippen LogP contribution in [0.25, 0.3) is 0 Å². The molecule has 3 aliphatic heterocycles. The number of halogens is 5. The maximum Gasteiger partial charge on any atom is 0.338 e. The van der Waals surface area contributed by atoms with Crippen molar-refractivity contribution >= 4 is 29.1 Å². The minimum atomic E-state index is -3.16. The van der Waals surface area contributed by atoms with Gasteiger partial charge in [-0.1, -0.05) is 6.07 Å². The van der Waals surface area contributed by atoms with E-state index in [-0.39, 0.29) is 43.2 Å². The highest BCUT2D eigenvalue weighted by Crippen LogP contribution is 2.43. The van der Waals surface area contributed by atoms with Crippen LogP contribution in [0.1, 0.15) is 50.2 Å². The van der Waals surface area contributed by atoms with Crippen LogP contribution in [0.2, 0.25) is 0 Å². The predicted molar refractivity (Wildman–Crippen MR) is 151 cm³/mol. The Labute approximate surface area is 254 Å². The van der Waals surface area contributed by atoms with Gasteiger partial charge in [0, 0.05) is 42.0 Å². The molecule has 44 heavy (non-hydrogen) atoms. The van der Waals surface area contributed by atoms with Crippen molar-refractivity contribution in [3.63, 3.8) is 0 Å². The summed E-state index contributed by atoms with van der Waals surface area (Å²) in [5.74, 6) is -9.69. The van der Waals surface area contributed by atoms with Crippen molar-refractivity contribution in [3.05, 3.63) is 63.0 Å². The Morgan fingerprint density at radius 1 is 1.20 bits per heavy atom. The Hall–Kier alpha value is -3.43. The highest BCUT2D eigenvalue weighted by Gasteiger charge is 2.59. The van der Waals surface area contributed by atoms with Crippen molar-refractivity contribution in [2.75, 3.05) is 32.8 Å². The van der Waals surface area contributed by atoms with Crippen molar-refractivity contribution in [1.29, 1.82) is 0 Å². The summed E-state index contributed by atoms with van der Waals surface area (Å²) in [4.78, 5) is 36.7. The number of aromatic nitrogens is 1. The van der Waals surface area contributed by atoms with Crippen LogP contribution in [-0.4, -0.2) is 88.5 Å². The van der Waals surface area contributed by atoms with Crippen LogP contribution >= 0.6 is 11.3 Å². The third-order valence-electron chi connectivity index (χ3n) is 8.37. The molecule has 0 spiro atoms. The van der Waals surface area contributed by atoms with Crippen LogP contribution in [0.3, 0.4) is 0 Å². The van der Waals surface area contributed by atoms with Gasteiger partial charge >= 0.3 is 11.9 Å². The van der Waals surface area contributed by atoms with E-state index in [9.17, 15) is 23.5 Å². The number of carbonyl (C=O) groups is 2. The van der Waals surface area contributed by atoms with E-state index in [0.29, 0.717) is 18.0 Å². The first kappa shape index (κ1) is 32.0. The lowest BCUT2D eigenvalue weighted by Crippen LogP contribution is -2.46. The van der Waals surface area contributed by atoms with E-state index in [1.54, 1.807) is 31.1 Å². The summed E-state index contributed by atoms with van der Waals surface area (Å²) in [7, 11) is 0. The molecule has 4 heterocycles. The standard InChI is InChI=1S/C29H32F5N5O4S/c1-4-43-26(40)19-17(13-39-14-29(33,34)23-18(39)7-10-38(23)11-8-28(2,3)27(41)42)36-24(25-35-9-12-44-25)37-22(19)15-5-6-16(30)21(32)20(15)31/h5-6,9,12,18,22-23H,4,7-8,10-11,13-14H2,1-3H3,(H,36,37)(H,41,42)/t18-,22+,23+/m0/s1. The van der Waals surface area contributed by atoms with Gasteiger partial charge in [0.15, 0.2) is 28.3 Å². The number of amidine groups is 1. The van der Waals surface area contributed by atoms with Gasteiger partial charge in [-0.15, -0.1) is 11.3 Å². The second kappa shape index (κ2) is 12.2. The van der Waals surface area contributed by atoms with Gasteiger partial charge in [-0.2, -0.15) is 0 Å². The smallest absolute Gasteiger partial charge is 0.338 e. The van der Waals surface area contributed by atoms with Crippen LogP contribution < -0.4 is 5.32 Å². The minimum Gasteiger partial charge on any atom is -0.481 e. The molecule has 0 bridgehead atoms. The molecule has 2 fully saturated rings. The van der Waals surface area contributed by atoms with Crippen LogP contribution in [0.5, 0.6) is 0 Å². The molecule has 0 saturated carbocycles. The molecule has 2 aromatic rings. The number of ether oxygens (including phenoxy) is 1. The monoisotopic (exact) mass is 641 g/mol. The van der Waals surface area contributed by atoms with E-state index >= 15 is 13.2 Å². The number of hydrogen-bond donors (Lipinski definition) is 2. The van der Waals surface area contributed by atoms with E-state index in [1.165, 1.54) is 22.4 Å². The molecule has 3 atom stereocenters. The lowest BCUT2D eigenvalue weighted by atomic mass is 9.89. The highest BCUT2D eigenvalue weighted by molar-refractivity contribution is 7.11. The van der Waals surface area contributed by atoms with Crippen molar-refractivity contribution in [2.45, 2.75) is 57.7 Å². The number of fused-ring (bicyclic) bond motifs is 1. The maximum atomic E-state index is 15.6. The number of alkyl halides is 2. The number of rotatable bonds is 10. The fourth-order valence-electron chi connectivity index (χ4n) is 6.00. The van der Waals surface area contributed by atoms with Crippen molar-refractivity contribution in [1.82, 2.24) is 20.1 Å². The second-order valence-corrected chi connectivity index (χ2v) is 12.6. The summed E-state index contributed by atoms with van der Waals surface area (Å²) in [6.07, 6.45) is 2.03. The van der Waals surface area contributed by atoms with Crippen molar-refractivity contribution in [2.24, 2.45) is 10.4 Å².